The number of rotatable bonds is 5. The van der Waals surface area contributed by atoms with Gasteiger partial charge in [0.1, 0.15) is 0 Å². The monoisotopic (exact) mass is 427 g/mol. The number of piperidine rings is 1. The smallest absolute Gasteiger partial charge is 0.256 e. The molecule has 0 radical (unpaired) electrons. The van der Waals surface area contributed by atoms with Gasteiger partial charge in [-0.05, 0) is 49.4 Å². The van der Waals surface area contributed by atoms with E-state index in [1.807, 2.05) is 55.3 Å². The van der Waals surface area contributed by atoms with Gasteiger partial charge in [0, 0.05) is 20.1 Å². The lowest BCUT2D eigenvalue weighted by Gasteiger charge is -2.28. The highest BCUT2D eigenvalue weighted by Gasteiger charge is 2.54. The van der Waals surface area contributed by atoms with Crippen LogP contribution in [-0.4, -0.2) is 54.5 Å². The van der Waals surface area contributed by atoms with E-state index < -0.39 is 0 Å². The number of aryl methyl sites for hydroxylation is 2. The van der Waals surface area contributed by atoms with Gasteiger partial charge in [-0.1, -0.05) is 23.8 Å². The zero-order valence-corrected chi connectivity index (χ0v) is 18.1. The summed E-state index contributed by atoms with van der Waals surface area (Å²) in [6, 6.07) is 14.1. The van der Waals surface area contributed by atoms with Crippen molar-refractivity contribution in [1.29, 1.82) is 0 Å². The number of carbonyl (C=O) groups excluding carboxylic acids is 1. The summed E-state index contributed by atoms with van der Waals surface area (Å²) in [7, 11) is 2.02. The molecule has 1 aliphatic heterocycles. The fraction of sp³-hybridized carbons (Fsp3) is 0.333. The van der Waals surface area contributed by atoms with Gasteiger partial charge in [0.25, 0.3) is 5.91 Å². The number of nitrogens with one attached hydrogen (secondary N) is 1. The molecule has 0 spiro atoms. The Hall–Kier alpha value is -3.68. The Morgan fingerprint density at radius 1 is 1.16 bits per heavy atom. The molecular formula is C24H25N7O. The fourth-order valence-electron chi connectivity index (χ4n) is 5.06. The Bertz CT molecular complexity index is 1310. The van der Waals surface area contributed by atoms with Crippen molar-refractivity contribution < 1.29 is 4.79 Å². The van der Waals surface area contributed by atoms with Gasteiger partial charge in [0.2, 0.25) is 5.95 Å². The zero-order chi connectivity index (χ0) is 21.8. The number of anilines is 1. The van der Waals surface area contributed by atoms with E-state index in [2.05, 4.69) is 26.1 Å². The van der Waals surface area contributed by atoms with E-state index in [0.717, 1.165) is 29.1 Å². The van der Waals surface area contributed by atoms with Crippen molar-refractivity contribution in [1.82, 2.24) is 29.4 Å². The van der Waals surface area contributed by atoms with Gasteiger partial charge in [0.05, 0.1) is 40.7 Å². The van der Waals surface area contributed by atoms with Crippen molar-refractivity contribution in [3.8, 4) is 5.69 Å². The summed E-state index contributed by atoms with van der Waals surface area (Å²) < 4.78 is 2.07. The minimum absolute atomic E-state index is 0.0463. The van der Waals surface area contributed by atoms with Crippen molar-refractivity contribution in [2.45, 2.75) is 19.4 Å². The number of imidazole rings is 1. The topological polar surface area (TPSA) is 80.9 Å². The molecule has 2 fully saturated rings. The molecule has 0 bridgehead atoms. The second-order valence-corrected chi connectivity index (χ2v) is 8.89. The van der Waals surface area contributed by atoms with Crippen LogP contribution in [0, 0.1) is 18.8 Å². The van der Waals surface area contributed by atoms with E-state index in [9.17, 15) is 4.79 Å². The number of hydrogen-bond acceptors (Lipinski definition) is 5. The molecule has 8 nitrogen and oxygen atoms in total. The summed E-state index contributed by atoms with van der Waals surface area (Å²) in [4.78, 5) is 22.0. The van der Waals surface area contributed by atoms with E-state index >= 15 is 0 Å². The third kappa shape index (κ3) is 3.05. The van der Waals surface area contributed by atoms with Crippen molar-refractivity contribution >= 4 is 22.9 Å². The molecule has 2 aromatic carbocycles. The van der Waals surface area contributed by atoms with Crippen molar-refractivity contribution in [3.63, 3.8) is 0 Å². The highest BCUT2D eigenvalue weighted by molar-refractivity contribution is 5.98. The summed E-state index contributed by atoms with van der Waals surface area (Å²) in [6.45, 7) is 3.49. The third-order valence-corrected chi connectivity index (χ3v) is 6.84. The standard InChI is InChI=1S/C24H25N7O/c1-15-7-8-20(31-26-9-10-27-31)18(11-15)23(32)30-14-16-12-17(16)22(30)13-25-24-28-19-5-3-4-6-21(19)29(24)2/h3-11,16-17,22H,12-14H2,1-2H3,(H,25,28)/t16-,17?,22-/m1/s1. The van der Waals surface area contributed by atoms with Crippen LogP contribution in [0.4, 0.5) is 5.95 Å². The first-order chi connectivity index (χ1) is 15.6. The van der Waals surface area contributed by atoms with Crippen LogP contribution in [0.15, 0.2) is 54.9 Å². The van der Waals surface area contributed by atoms with Gasteiger partial charge in [-0.25, -0.2) is 4.98 Å². The Labute approximate surface area is 185 Å². The lowest BCUT2D eigenvalue weighted by atomic mass is 10.1. The average Bonchev–Trinajstić information content (AvgIpc) is 3.14. The lowest BCUT2D eigenvalue weighted by Crippen LogP contribution is -2.43. The quantitative estimate of drug-likeness (QED) is 0.530. The summed E-state index contributed by atoms with van der Waals surface area (Å²) in [5.41, 5.74) is 4.47. The number of benzene rings is 2. The van der Waals surface area contributed by atoms with E-state index in [1.54, 1.807) is 12.4 Å². The molecule has 1 unspecified atom stereocenters. The van der Waals surface area contributed by atoms with Crippen LogP contribution in [0.2, 0.25) is 0 Å². The van der Waals surface area contributed by atoms with Crippen LogP contribution in [0.3, 0.4) is 0 Å². The van der Waals surface area contributed by atoms with Gasteiger partial charge in [-0.15, -0.1) is 0 Å². The van der Waals surface area contributed by atoms with Gasteiger partial charge < -0.3 is 14.8 Å². The van der Waals surface area contributed by atoms with Crippen LogP contribution < -0.4 is 5.32 Å². The summed E-state index contributed by atoms with van der Waals surface area (Å²) in [6.07, 6.45) is 4.45. The molecule has 1 N–H and O–H groups in total. The second kappa shape index (κ2) is 7.19. The highest BCUT2D eigenvalue weighted by Crippen LogP contribution is 2.50. The molecule has 32 heavy (non-hydrogen) atoms. The summed E-state index contributed by atoms with van der Waals surface area (Å²) in [5.74, 6) is 2.03. The Morgan fingerprint density at radius 3 is 2.78 bits per heavy atom. The maximum atomic E-state index is 13.7. The van der Waals surface area contributed by atoms with Crippen molar-refractivity contribution in [3.05, 3.63) is 66.0 Å². The molecule has 4 aromatic rings. The molecule has 1 saturated heterocycles. The largest absolute Gasteiger partial charge is 0.354 e. The van der Waals surface area contributed by atoms with E-state index in [-0.39, 0.29) is 11.9 Å². The minimum Gasteiger partial charge on any atom is -0.354 e. The first-order valence-electron chi connectivity index (χ1n) is 11.0. The molecular weight excluding hydrogens is 402 g/mol. The molecule has 3 heterocycles. The number of fused-ring (bicyclic) bond motifs is 2. The Kier molecular flexibility index (Phi) is 4.28. The number of nitrogens with zero attached hydrogens (tertiary/aromatic N) is 6. The Balaban J connectivity index is 1.27. The molecule has 8 heteroatoms. The van der Waals surface area contributed by atoms with Gasteiger partial charge >= 0.3 is 0 Å². The first-order valence-corrected chi connectivity index (χ1v) is 11.0. The summed E-state index contributed by atoms with van der Waals surface area (Å²) >= 11 is 0. The van der Waals surface area contributed by atoms with Crippen LogP contribution in [-0.2, 0) is 7.05 Å². The number of hydrogen-bond donors (Lipinski definition) is 1. The van der Waals surface area contributed by atoms with Gasteiger partial charge in [-0.2, -0.15) is 15.0 Å². The zero-order valence-electron chi connectivity index (χ0n) is 18.1. The summed E-state index contributed by atoms with van der Waals surface area (Å²) in [5, 5.41) is 12.0. The molecule has 6 rings (SSSR count). The minimum atomic E-state index is 0.0463. The molecule has 2 aliphatic rings. The van der Waals surface area contributed by atoms with E-state index in [1.165, 1.54) is 11.2 Å². The first kappa shape index (κ1) is 19.0. The number of likely N-dealkylation sites (tertiary alicyclic amines) is 1. The van der Waals surface area contributed by atoms with Gasteiger partial charge in [0.15, 0.2) is 0 Å². The normalized spacial score (nSPS) is 21.7. The van der Waals surface area contributed by atoms with E-state index in [4.69, 9.17) is 4.98 Å². The predicted octanol–water partition coefficient (Wildman–Crippen LogP) is 3.04. The van der Waals surface area contributed by atoms with Crippen LogP contribution in [0.25, 0.3) is 16.7 Å². The predicted molar refractivity (Wildman–Crippen MR) is 122 cm³/mol. The maximum absolute atomic E-state index is 13.7. The van der Waals surface area contributed by atoms with Crippen LogP contribution in [0.5, 0.6) is 0 Å². The second-order valence-electron chi connectivity index (χ2n) is 8.89. The number of amides is 1. The molecule has 1 amide bonds. The van der Waals surface area contributed by atoms with Crippen molar-refractivity contribution in [2.75, 3.05) is 18.4 Å². The lowest BCUT2D eigenvalue weighted by molar-refractivity contribution is 0.0715. The molecule has 3 atom stereocenters. The number of carbonyl (C=O) groups is 1. The van der Waals surface area contributed by atoms with E-state index in [0.29, 0.717) is 29.6 Å². The molecule has 2 aromatic heterocycles. The van der Waals surface area contributed by atoms with Crippen LogP contribution in [0.1, 0.15) is 22.3 Å². The average molecular weight is 428 g/mol. The number of para-hydroxylation sites is 2. The van der Waals surface area contributed by atoms with Crippen LogP contribution >= 0.6 is 0 Å². The van der Waals surface area contributed by atoms with Crippen molar-refractivity contribution in [2.24, 2.45) is 18.9 Å². The maximum Gasteiger partial charge on any atom is 0.256 e. The molecule has 162 valence electrons. The van der Waals surface area contributed by atoms with Gasteiger partial charge in [-0.3, -0.25) is 4.79 Å². The molecule has 1 aliphatic carbocycles. The Morgan fingerprint density at radius 2 is 1.97 bits per heavy atom. The fourth-order valence-corrected chi connectivity index (χ4v) is 5.06. The molecule has 1 saturated carbocycles. The SMILES string of the molecule is Cc1ccc(-n2nccn2)c(C(=O)N2C[C@H]3CC3[C@H]2CNc2nc3ccccc3n2C)c1. The number of aromatic nitrogens is 5. The third-order valence-electron chi connectivity index (χ3n) is 6.84. The highest BCUT2D eigenvalue weighted by atomic mass is 16.2.